The zero-order chi connectivity index (χ0) is 14.7. The number of aliphatic hydroxyl groups is 1. The third-order valence-electron chi connectivity index (χ3n) is 3.46. The van der Waals surface area contributed by atoms with Gasteiger partial charge in [-0.05, 0) is 65.2 Å². The Labute approximate surface area is 120 Å². The highest BCUT2D eigenvalue weighted by atomic mass is 16.3. The molecular formula is C18H34O. The number of allylic oxidation sites excluding steroid dienone is 4. The highest BCUT2D eigenvalue weighted by Gasteiger charge is 1.96. The van der Waals surface area contributed by atoms with Crippen molar-refractivity contribution in [3.05, 3.63) is 23.3 Å². The molecule has 0 aliphatic carbocycles. The van der Waals surface area contributed by atoms with Crippen molar-refractivity contribution in [2.75, 3.05) is 0 Å². The molecule has 0 rings (SSSR count). The van der Waals surface area contributed by atoms with Gasteiger partial charge in [0.2, 0.25) is 0 Å². The van der Waals surface area contributed by atoms with Crippen molar-refractivity contribution in [1.82, 2.24) is 0 Å². The third-order valence-corrected chi connectivity index (χ3v) is 3.46. The highest BCUT2D eigenvalue weighted by Crippen LogP contribution is 2.14. The Kier molecular flexibility index (Phi) is 10.9. The summed E-state index contributed by atoms with van der Waals surface area (Å²) in [5.74, 6) is 0.826. The Hall–Kier alpha value is -0.560. The first-order chi connectivity index (χ1) is 8.91. The zero-order valence-corrected chi connectivity index (χ0v) is 13.7. The molecular weight excluding hydrogens is 232 g/mol. The minimum Gasteiger partial charge on any atom is -0.393 e. The van der Waals surface area contributed by atoms with Gasteiger partial charge in [0.05, 0.1) is 6.10 Å². The van der Waals surface area contributed by atoms with E-state index in [2.05, 4.69) is 39.8 Å². The van der Waals surface area contributed by atoms with E-state index in [1.807, 2.05) is 6.92 Å². The lowest BCUT2D eigenvalue weighted by molar-refractivity contribution is 0.186. The summed E-state index contributed by atoms with van der Waals surface area (Å²) in [4.78, 5) is 0. The lowest BCUT2D eigenvalue weighted by Gasteiger charge is -2.05. The summed E-state index contributed by atoms with van der Waals surface area (Å²) in [5.41, 5.74) is 2.99. The van der Waals surface area contributed by atoms with Crippen LogP contribution >= 0.6 is 0 Å². The van der Waals surface area contributed by atoms with Crippen molar-refractivity contribution in [2.24, 2.45) is 5.92 Å². The monoisotopic (exact) mass is 266 g/mol. The van der Waals surface area contributed by atoms with E-state index >= 15 is 0 Å². The van der Waals surface area contributed by atoms with Gasteiger partial charge in [-0.15, -0.1) is 0 Å². The van der Waals surface area contributed by atoms with Gasteiger partial charge in [-0.3, -0.25) is 0 Å². The number of hydrogen-bond donors (Lipinski definition) is 1. The van der Waals surface area contributed by atoms with E-state index in [9.17, 15) is 5.11 Å². The Morgan fingerprint density at radius 1 is 0.895 bits per heavy atom. The Bertz CT molecular complexity index is 271. The fourth-order valence-corrected chi connectivity index (χ4v) is 2.11. The van der Waals surface area contributed by atoms with Crippen LogP contribution in [0.2, 0.25) is 0 Å². The van der Waals surface area contributed by atoms with Crippen LogP contribution < -0.4 is 0 Å². The molecule has 0 spiro atoms. The van der Waals surface area contributed by atoms with E-state index in [1.54, 1.807) is 0 Å². The molecule has 1 unspecified atom stereocenters. The van der Waals surface area contributed by atoms with Crippen molar-refractivity contribution in [3.63, 3.8) is 0 Å². The highest BCUT2D eigenvalue weighted by molar-refractivity contribution is 5.03. The van der Waals surface area contributed by atoms with E-state index in [0.717, 1.165) is 31.6 Å². The number of hydrogen-bond acceptors (Lipinski definition) is 1. The average Bonchev–Trinajstić information content (AvgIpc) is 2.27. The van der Waals surface area contributed by atoms with Crippen molar-refractivity contribution < 1.29 is 5.11 Å². The number of aliphatic hydroxyl groups excluding tert-OH is 1. The van der Waals surface area contributed by atoms with Crippen LogP contribution in [0.1, 0.15) is 79.6 Å². The maximum absolute atomic E-state index is 9.20. The quantitative estimate of drug-likeness (QED) is 0.507. The summed E-state index contributed by atoms with van der Waals surface area (Å²) in [7, 11) is 0. The van der Waals surface area contributed by atoms with Crippen LogP contribution in [-0.2, 0) is 0 Å². The first-order valence-corrected chi connectivity index (χ1v) is 7.91. The normalized spacial score (nSPS) is 15.1. The first-order valence-electron chi connectivity index (χ1n) is 7.91. The molecule has 0 amide bonds. The van der Waals surface area contributed by atoms with Gasteiger partial charge in [-0.1, -0.05) is 43.6 Å². The van der Waals surface area contributed by atoms with Crippen LogP contribution in [-0.4, -0.2) is 11.2 Å². The SMILES string of the molecule is CC(=CCCC(C)O)CCC=C(C)CCCC(C)C. The Morgan fingerprint density at radius 2 is 1.47 bits per heavy atom. The van der Waals surface area contributed by atoms with Crippen molar-refractivity contribution in [3.8, 4) is 0 Å². The molecule has 1 N–H and O–H groups in total. The Morgan fingerprint density at radius 3 is 2.05 bits per heavy atom. The average molecular weight is 266 g/mol. The summed E-state index contributed by atoms with van der Waals surface area (Å²) >= 11 is 0. The van der Waals surface area contributed by atoms with Crippen LogP contribution in [0.25, 0.3) is 0 Å². The fraction of sp³-hybridized carbons (Fsp3) is 0.778. The molecule has 19 heavy (non-hydrogen) atoms. The molecule has 1 heteroatoms. The summed E-state index contributed by atoms with van der Waals surface area (Å²) in [5, 5.41) is 9.20. The van der Waals surface area contributed by atoms with Gasteiger partial charge >= 0.3 is 0 Å². The van der Waals surface area contributed by atoms with Gasteiger partial charge in [0.15, 0.2) is 0 Å². The van der Waals surface area contributed by atoms with E-state index in [-0.39, 0.29) is 6.10 Å². The van der Waals surface area contributed by atoms with Gasteiger partial charge in [0.1, 0.15) is 0 Å². The van der Waals surface area contributed by atoms with E-state index in [4.69, 9.17) is 0 Å². The second-order valence-corrected chi connectivity index (χ2v) is 6.35. The fourth-order valence-electron chi connectivity index (χ4n) is 2.11. The van der Waals surface area contributed by atoms with Crippen molar-refractivity contribution >= 4 is 0 Å². The maximum atomic E-state index is 9.20. The lowest BCUT2D eigenvalue weighted by Crippen LogP contribution is -1.97. The predicted molar refractivity (Wildman–Crippen MR) is 86.4 cm³/mol. The van der Waals surface area contributed by atoms with Gasteiger partial charge < -0.3 is 5.11 Å². The molecule has 1 nitrogen and oxygen atoms in total. The molecule has 0 aromatic rings. The van der Waals surface area contributed by atoms with Crippen LogP contribution in [0, 0.1) is 5.92 Å². The van der Waals surface area contributed by atoms with Gasteiger partial charge in [0.25, 0.3) is 0 Å². The van der Waals surface area contributed by atoms with Crippen LogP contribution in [0.5, 0.6) is 0 Å². The topological polar surface area (TPSA) is 20.2 Å². The second kappa shape index (κ2) is 11.3. The van der Waals surface area contributed by atoms with Crippen LogP contribution in [0.15, 0.2) is 23.3 Å². The van der Waals surface area contributed by atoms with Crippen molar-refractivity contribution in [2.45, 2.75) is 85.7 Å². The largest absolute Gasteiger partial charge is 0.393 e. The molecule has 0 bridgehead atoms. The molecule has 1 atom stereocenters. The molecule has 0 saturated heterocycles. The standard InChI is InChI=1S/C18H34O/c1-15(2)9-6-10-16(3)11-7-12-17(4)13-8-14-18(5)19/h11,13,15,18-19H,6-10,12,14H2,1-5H3. The van der Waals surface area contributed by atoms with E-state index in [1.165, 1.54) is 30.4 Å². The van der Waals surface area contributed by atoms with E-state index in [0.29, 0.717) is 0 Å². The van der Waals surface area contributed by atoms with Gasteiger partial charge in [-0.2, -0.15) is 0 Å². The summed E-state index contributed by atoms with van der Waals surface area (Å²) in [6.45, 7) is 10.9. The summed E-state index contributed by atoms with van der Waals surface area (Å²) in [6, 6.07) is 0. The lowest BCUT2D eigenvalue weighted by atomic mass is 10.0. The maximum Gasteiger partial charge on any atom is 0.0515 e. The Balaban J connectivity index is 3.74. The predicted octanol–water partition coefficient (Wildman–Crippen LogP) is 5.65. The zero-order valence-electron chi connectivity index (χ0n) is 13.7. The van der Waals surface area contributed by atoms with Crippen LogP contribution in [0.4, 0.5) is 0 Å². The molecule has 0 radical (unpaired) electrons. The smallest absolute Gasteiger partial charge is 0.0515 e. The second-order valence-electron chi connectivity index (χ2n) is 6.35. The first kappa shape index (κ1) is 18.4. The van der Waals surface area contributed by atoms with Crippen LogP contribution in [0.3, 0.4) is 0 Å². The molecule has 0 fully saturated rings. The molecule has 112 valence electrons. The molecule has 0 heterocycles. The minimum absolute atomic E-state index is 0.174. The molecule has 0 aliphatic heterocycles. The molecule has 0 aliphatic rings. The molecule has 0 aromatic heterocycles. The van der Waals surface area contributed by atoms with Crippen molar-refractivity contribution in [1.29, 1.82) is 0 Å². The summed E-state index contributed by atoms with van der Waals surface area (Å²) in [6.07, 6.45) is 12.6. The molecule has 0 saturated carbocycles. The van der Waals surface area contributed by atoms with Gasteiger partial charge in [0, 0.05) is 0 Å². The number of rotatable bonds is 10. The molecule has 0 aromatic carbocycles. The minimum atomic E-state index is -0.174. The van der Waals surface area contributed by atoms with Gasteiger partial charge in [-0.25, -0.2) is 0 Å². The van der Waals surface area contributed by atoms with E-state index < -0.39 is 0 Å². The third kappa shape index (κ3) is 13.7. The summed E-state index contributed by atoms with van der Waals surface area (Å²) < 4.78 is 0.